The monoisotopic (exact) mass is 273 g/mol. The molecule has 1 heterocycles. The zero-order valence-corrected chi connectivity index (χ0v) is 11.0. The SMILES string of the molecule is CC(C)(N)CCN1CNc2cc(C(F)(F)F)ccc21. The summed E-state index contributed by atoms with van der Waals surface area (Å²) < 4.78 is 37.8. The minimum Gasteiger partial charge on any atom is -0.366 e. The lowest BCUT2D eigenvalue weighted by molar-refractivity contribution is -0.137. The molecule has 0 amide bonds. The Morgan fingerprint density at radius 1 is 1.32 bits per heavy atom. The molecule has 3 nitrogen and oxygen atoms in total. The lowest BCUT2D eigenvalue weighted by Crippen LogP contribution is -2.37. The predicted octanol–water partition coefficient (Wildman–Crippen LogP) is 3.02. The van der Waals surface area contributed by atoms with Crippen LogP contribution in [0.4, 0.5) is 24.5 Å². The van der Waals surface area contributed by atoms with E-state index in [0.29, 0.717) is 12.4 Å². The van der Waals surface area contributed by atoms with Gasteiger partial charge in [-0.1, -0.05) is 0 Å². The van der Waals surface area contributed by atoms with Crippen LogP contribution in [0.25, 0.3) is 0 Å². The first-order chi connectivity index (χ1) is 8.67. The van der Waals surface area contributed by atoms with Crippen LogP contribution < -0.4 is 16.0 Å². The summed E-state index contributed by atoms with van der Waals surface area (Å²) in [5.41, 5.74) is 6.35. The van der Waals surface area contributed by atoms with Gasteiger partial charge in [-0.25, -0.2) is 0 Å². The maximum absolute atomic E-state index is 12.6. The standard InChI is InChI=1S/C13H18F3N3/c1-12(2,17)5-6-19-8-18-10-7-9(13(14,15)16)3-4-11(10)19/h3-4,7,18H,5-6,8,17H2,1-2H3. The smallest absolute Gasteiger partial charge is 0.366 e. The van der Waals surface area contributed by atoms with Gasteiger partial charge in [0.1, 0.15) is 0 Å². The van der Waals surface area contributed by atoms with Crippen molar-refractivity contribution in [3.8, 4) is 0 Å². The van der Waals surface area contributed by atoms with Crippen LogP contribution in [-0.4, -0.2) is 18.8 Å². The van der Waals surface area contributed by atoms with E-state index >= 15 is 0 Å². The van der Waals surface area contributed by atoms with Crippen LogP contribution in [0, 0.1) is 0 Å². The number of nitrogens with one attached hydrogen (secondary N) is 1. The molecule has 2 rings (SSSR count). The Balaban J connectivity index is 2.14. The van der Waals surface area contributed by atoms with E-state index in [-0.39, 0.29) is 5.54 Å². The topological polar surface area (TPSA) is 41.3 Å². The zero-order chi connectivity index (χ0) is 14.3. The Labute approximate surface area is 110 Å². The molecule has 1 aromatic carbocycles. The molecule has 106 valence electrons. The van der Waals surface area contributed by atoms with E-state index in [0.717, 1.165) is 30.8 Å². The number of nitrogens with two attached hydrogens (primary N) is 1. The van der Waals surface area contributed by atoms with Crippen molar-refractivity contribution in [3.05, 3.63) is 23.8 Å². The first kappa shape index (κ1) is 14.0. The minimum absolute atomic E-state index is 0.283. The van der Waals surface area contributed by atoms with Crippen LogP contribution in [0.3, 0.4) is 0 Å². The highest BCUT2D eigenvalue weighted by molar-refractivity contribution is 5.75. The zero-order valence-electron chi connectivity index (χ0n) is 11.0. The van der Waals surface area contributed by atoms with E-state index < -0.39 is 11.7 Å². The third kappa shape index (κ3) is 3.32. The molecule has 1 aromatic rings. The van der Waals surface area contributed by atoms with Crippen molar-refractivity contribution in [2.24, 2.45) is 5.73 Å². The number of nitrogens with zero attached hydrogens (tertiary/aromatic N) is 1. The summed E-state index contributed by atoms with van der Waals surface area (Å²) in [7, 11) is 0. The van der Waals surface area contributed by atoms with Gasteiger partial charge in [-0.15, -0.1) is 0 Å². The molecule has 0 atom stereocenters. The summed E-state index contributed by atoms with van der Waals surface area (Å²) in [6.07, 6.45) is -3.53. The maximum atomic E-state index is 12.6. The molecule has 0 saturated heterocycles. The van der Waals surface area contributed by atoms with Crippen molar-refractivity contribution in [3.63, 3.8) is 0 Å². The van der Waals surface area contributed by atoms with E-state index in [4.69, 9.17) is 5.73 Å². The van der Waals surface area contributed by atoms with E-state index in [1.54, 1.807) is 0 Å². The quantitative estimate of drug-likeness (QED) is 0.889. The molecular formula is C13H18F3N3. The average Bonchev–Trinajstić information content (AvgIpc) is 2.66. The van der Waals surface area contributed by atoms with Gasteiger partial charge in [0.15, 0.2) is 0 Å². The first-order valence-electron chi connectivity index (χ1n) is 6.16. The molecule has 1 aliphatic rings. The number of rotatable bonds is 3. The molecule has 0 bridgehead atoms. The van der Waals surface area contributed by atoms with Crippen molar-refractivity contribution in [2.45, 2.75) is 32.0 Å². The second kappa shape index (κ2) is 4.59. The summed E-state index contributed by atoms with van der Waals surface area (Å²) in [4.78, 5) is 2.00. The van der Waals surface area contributed by atoms with Gasteiger partial charge in [0, 0.05) is 12.1 Å². The minimum atomic E-state index is -4.30. The fraction of sp³-hybridized carbons (Fsp3) is 0.538. The molecule has 0 aliphatic carbocycles. The van der Waals surface area contributed by atoms with Gasteiger partial charge in [-0.2, -0.15) is 13.2 Å². The van der Waals surface area contributed by atoms with Gasteiger partial charge in [0.25, 0.3) is 0 Å². The lowest BCUT2D eigenvalue weighted by Gasteiger charge is -2.24. The summed E-state index contributed by atoms with van der Waals surface area (Å²) in [5, 5.41) is 2.98. The van der Waals surface area contributed by atoms with E-state index in [2.05, 4.69) is 5.32 Å². The Kier molecular flexibility index (Phi) is 3.38. The van der Waals surface area contributed by atoms with Gasteiger partial charge in [0.05, 0.1) is 23.6 Å². The number of alkyl halides is 3. The van der Waals surface area contributed by atoms with Crippen LogP contribution >= 0.6 is 0 Å². The van der Waals surface area contributed by atoms with Crippen LogP contribution in [0.2, 0.25) is 0 Å². The third-order valence-electron chi connectivity index (χ3n) is 3.15. The third-order valence-corrected chi connectivity index (χ3v) is 3.15. The van der Waals surface area contributed by atoms with Crippen molar-refractivity contribution < 1.29 is 13.2 Å². The summed E-state index contributed by atoms with van der Waals surface area (Å²) in [6, 6.07) is 3.79. The maximum Gasteiger partial charge on any atom is 0.416 e. The van der Waals surface area contributed by atoms with Gasteiger partial charge in [-0.3, -0.25) is 0 Å². The molecule has 6 heteroatoms. The molecule has 0 radical (unpaired) electrons. The van der Waals surface area contributed by atoms with E-state index in [1.807, 2.05) is 18.7 Å². The molecule has 0 aromatic heterocycles. The van der Waals surface area contributed by atoms with E-state index in [9.17, 15) is 13.2 Å². The van der Waals surface area contributed by atoms with Crippen molar-refractivity contribution in [1.29, 1.82) is 0 Å². The van der Waals surface area contributed by atoms with Gasteiger partial charge in [0.2, 0.25) is 0 Å². The molecule has 1 aliphatic heterocycles. The number of halogens is 3. The molecule has 0 unspecified atom stereocenters. The van der Waals surface area contributed by atoms with Crippen molar-refractivity contribution in [1.82, 2.24) is 0 Å². The normalized spacial score (nSPS) is 15.4. The number of hydrogen-bond donors (Lipinski definition) is 2. The van der Waals surface area contributed by atoms with Gasteiger partial charge >= 0.3 is 6.18 Å². The summed E-state index contributed by atoms with van der Waals surface area (Å²) in [5.74, 6) is 0. The highest BCUT2D eigenvalue weighted by atomic mass is 19.4. The fourth-order valence-electron chi connectivity index (χ4n) is 2.02. The second-order valence-corrected chi connectivity index (χ2v) is 5.57. The highest BCUT2D eigenvalue weighted by Gasteiger charge is 2.32. The summed E-state index contributed by atoms with van der Waals surface area (Å²) >= 11 is 0. The lowest BCUT2D eigenvalue weighted by atomic mass is 10.0. The molecule has 19 heavy (non-hydrogen) atoms. The molecule has 0 spiro atoms. The Morgan fingerprint density at radius 2 is 2.00 bits per heavy atom. The molecule has 0 saturated carbocycles. The summed E-state index contributed by atoms with van der Waals surface area (Å²) in [6.45, 7) is 5.11. The Bertz CT molecular complexity index is 463. The predicted molar refractivity (Wildman–Crippen MR) is 70.2 cm³/mol. The molecular weight excluding hydrogens is 255 g/mol. The fourth-order valence-corrected chi connectivity index (χ4v) is 2.02. The van der Waals surface area contributed by atoms with Crippen molar-refractivity contribution in [2.75, 3.05) is 23.4 Å². The van der Waals surface area contributed by atoms with E-state index in [1.165, 1.54) is 6.07 Å². The second-order valence-electron chi connectivity index (χ2n) is 5.57. The Hall–Kier alpha value is -1.43. The number of anilines is 2. The van der Waals surface area contributed by atoms with Crippen LogP contribution in [0.5, 0.6) is 0 Å². The number of benzene rings is 1. The van der Waals surface area contributed by atoms with Crippen molar-refractivity contribution >= 4 is 11.4 Å². The average molecular weight is 273 g/mol. The van der Waals surface area contributed by atoms with Gasteiger partial charge in [-0.05, 0) is 38.5 Å². The van der Waals surface area contributed by atoms with Crippen LogP contribution in [-0.2, 0) is 6.18 Å². The molecule has 0 fully saturated rings. The first-order valence-corrected chi connectivity index (χ1v) is 6.16. The Morgan fingerprint density at radius 3 is 2.58 bits per heavy atom. The van der Waals surface area contributed by atoms with Gasteiger partial charge < -0.3 is 16.0 Å². The number of hydrogen-bond acceptors (Lipinski definition) is 3. The highest BCUT2D eigenvalue weighted by Crippen LogP contribution is 2.37. The van der Waals surface area contributed by atoms with Crippen LogP contribution in [0.1, 0.15) is 25.8 Å². The number of fused-ring (bicyclic) bond motifs is 1. The molecule has 3 N–H and O–H groups in total. The van der Waals surface area contributed by atoms with Crippen LogP contribution in [0.15, 0.2) is 18.2 Å². The largest absolute Gasteiger partial charge is 0.416 e.